The summed E-state index contributed by atoms with van der Waals surface area (Å²) >= 11 is 0. The van der Waals surface area contributed by atoms with Gasteiger partial charge in [0.25, 0.3) is 0 Å². The Balaban J connectivity index is 2.12. The fourth-order valence-corrected chi connectivity index (χ4v) is 1.95. The number of para-hydroxylation sites is 1. The van der Waals surface area contributed by atoms with Gasteiger partial charge in [0.1, 0.15) is 12.3 Å². The summed E-state index contributed by atoms with van der Waals surface area (Å²) in [4.78, 5) is 5.87. The average Bonchev–Trinajstić information content (AvgIpc) is 2.46. The molecule has 1 aliphatic rings. The first-order valence-corrected chi connectivity index (χ1v) is 5.86. The number of ether oxygens (including phenoxy) is 1. The number of rotatable bonds is 2. The Morgan fingerprint density at radius 1 is 1.15 bits per heavy atom. The van der Waals surface area contributed by atoms with Crippen LogP contribution in [0.25, 0.3) is 0 Å². The van der Waals surface area contributed by atoms with Gasteiger partial charge in [0.05, 0.1) is 5.69 Å². The molecule has 0 bridgehead atoms. The molecule has 0 radical (unpaired) electrons. The number of nitrogens with zero attached hydrogens (tertiary/aromatic N) is 3. The standard InChI is InChI=1S/C13H11N3O4/c17-16(18,19)11-5-3-6-12-13(11)15-10(8-20-12)9-4-1-2-7-14-9/h1-7,17-18H,8H2. The summed E-state index contributed by atoms with van der Waals surface area (Å²) in [6.07, 6.45) is 1.62. The van der Waals surface area contributed by atoms with E-state index < -0.39 is 4.97 Å². The first kappa shape index (κ1) is 12.7. The Hall–Kier alpha value is -2.32. The summed E-state index contributed by atoms with van der Waals surface area (Å²) in [6.45, 7) is 0.198. The number of quaternary nitrogens is 1. The lowest BCUT2D eigenvalue weighted by atomic mass is 10.2. The first-order valence-electron chi connectivity index (χ1n) is 5.86. The number of benzene rings is 1. The van der Waals surface area contributed by atoms with Gasteiger partial charge in [-0.1, -0.05) is 12.1 Å². The third-order valence-corrected chi connectivity index (χ3v) is 2.86. The molecule has 1 aromatic heterocycles. The highest BCUT2D eigenvalue weighted by Gasteiger charge is 2.27. The highest BCUT2D eigenvalue weighted by Crippen LogP contribution is 2.41. The Labute approximate surface area is 114 Å². The average molecular weight is 273 g/mol. The molecule has 2 aromatic rings. The van der Waals surface area contributed by atoms with Gasteiger partial charge in [-0.3, -0.25) is 4.98 Å². The van der Waals surface area contributed by atoms with E-state index in [9.17, 15) is 15.6 Å². The second kappa shape index (κ2) is 4.66. The Morgan fingerprint density at radius 2 is 2.00 bits per heavy atom. The molecule has 0 saturated carbocycles. The van der Waals surface area contributed by atoms with Gasteiger partial charge < -0.3 is 9.94 Å². The van der Waals surface area contributed by atoms with Crippen molar-refractivity contribution in [2.45, 2.75) is 0 Å². The van der Waals surface area contributed by atoms with Gasteiger partial charge in [-0.25, -0.2) is 4.99 Å². The van der Waals surface area contributed by atoms with Crippen LogP contribution < -0.4 is 9.71 Å². The Bertz CT molecular complexity index is 665. The van der Waals surface area contributed by atoms with Gasteiger partial charge in [0.2, 0.25) is 5.69 Å². The predicted octanol–water partition coefficient (Wildman–Crippen LogP) is 2.18. The van der Waals surface area contributed by atoms with Crippen LogP contribution in [-0.2, 0) is 0 Å². The van der Waals surface area contributed by atoms with Gasteiger partial charge >= 0.3 is 0 Å². The van der Waals surface area contributed by atoms with Crippen LogP contribution in [-0.4, -0.2) is 27.7 Å². The van der Waals surface area contributed by atoms with Crippen LogP contribution in [0.1, 0.15) is 5.69 Å². The van der Waals surface area contributed by atoms with Crippen molar-refractivity contribution in [1.29, 1.82) is 0 Å². The molecule has 3 rings (SSSR count). The smallest absolute Gasteiger partial charge is 0.229 e. The molecule has 1 aliphatic heterocycles. The van der Waals surface area contributed by atoms with Gasteiger partial charge in [0.15, 0.2) is 11.4 Å². The first-order chi connectivity index (χ1) is 9.55. The monoisotopic (exact) mass is 273 g/mol. The number of aromatic nitrogens is 1. The van der Waals surface area contributed by atoms with Crippen LogP contribution in [0.3, 0.4) is 0 Å². The summed E-state index contributed by atoms with van der Waals surface area (Å²) < 4.78 is 5.48. The maximum Gasteiger partial charge on any atom is 0.229 e. The van der Waals surface area contributed by atoms with Crippen LogP contribution in [0.5, 0.6) is 5.75 Å². The van der Waals surface area contributed by atoms with E-state index >= 15 is 0 Å². The molecule has 20 heavy (non-hydrogen) atoms. The van der Waals surface area contributed by atoms with E-state index in [1.165, 1.54) is 12.1 Å². The predicted molar refractivity (Wildman–Crippen MR) is 71.1 cm³/mol. The minimum atomic E-state index is -2.55. The lowest BCUT2D eigenvalue weighted by Crippen LogP contribution is -2.34. The van der Waals surface area contributed by atoms with E-state index in [-0.39, 0.29) is 18.0 Å². The number of aliphatic imine (C=N–C) groups is 1. The SMILES string of the molecule is [O-][N+](O)(O)c1cccc2c1N=C(c1ccccn1)CO2. The normalized spacial score (nSPS) is 14.2. The van der Waals surface area contributed by atoms with Gasteiger partial charge in [-0.15, -0.1) is 0 Å². The topological polar surface area (TPSA) is 98.0 Å². The maximum absolute atomic E-state index is 11.3. The van der Waals surface area contributed by atoms with Crippen LogP contribution in [0.4, 0.5) is 11.4 Å². The molecule has 0 atom stereocenters. The summed E-state index contributed by atoms with van der Waals surface area (Å²) in [5.74, 6) is 0.323. The highest BCUT2D eigenvalue weighted by molar-refractivity contribution is 6.03. The molecule has 2 N–H and O–H groups in total. The third-order valence-electron chi connectivity index (χ3n) is 2.86. The Morgan fingerprint density at radius 3 is 2.70 bits per heavy atom. The zero-order chi connectivity index (χ0) is 14.2. The number of hydrogen-bond donors (Lipinski definition) is 2. The zero-order valence-corrected chi connectivity index (χ0v) is 10.3. The van der Waals surface area contributed by atoms with E-state index in [1.54, 1.807) is 30.5 Å². The molecule has 0 amide bonds. The lowest BCUT2D eigenvalue weighted by Gasteiger charge is -2.26. The summed E-state index contributed by atoms with van der Waals surface area (Å²) in [5, 5.41) is 29.7. The van der Waals surface area contributed by atoms with Crippen molar-refractivity contribution in [3.63, 3.8) is 0 Å². The fraction of sp³-hybridized carbons (Fsp3) is 0.0769. The fourth-order valence-electron chi connectivity index (χ4n) is 1.95. The number of fused-ring (bicyclic) bond motifs is 1. The van der Waals surface area contributed by atoms with Crippen molar-refractivity contribution >= 4 is 17.1 Å². The van der Waals surface area contributed by atoms with Crippen LogP contribution in [0.15, 0.2) is 47.6 Å². The van der Waals surface area contributed by atoms with E-state index in [1.807, 2.05) is 0 Å². The van der Waals surface area contributed by atoms with Crippen LogP contribution >= 0.6 is 0 Å². The number of hydrogen-bond acceptors (Lipinski definition) is 6. The van der Waals surface area contributed by atoms with Crippen molar-refractivity contribution in [2.24, 2.45) is 4.99 Å². The van der Waals surface area contributed by atoms with Crippen molar-refractivity contribution in [3.05, 3.63) is 53.5 Å². The van der Waals surface area contributed by atoms with E-state index in [0.717, 1.165) is 0 Å². The third kappa shape index (κ3) is 2.26. The molecule has 1 aromatic carbocycles. The summed E-state index contributed by atoms with van der Waals surface area (Å²) in [5.41, 5.74) is 0.905. The summed E-state index contributed by atoms with van der Waals surface area (Å²) in [6, 6.07) is 9.71. The van der Waals surface area contributed by atoms with Crippen molar-refractivity contribution in [2.75, 3.05) is 6.61 Å². The van der Waals surface area contributed by atoms with Gasteiger partial charge in [-0.05, 0) is 23.2 Å². The molecule has 0 fully saturated rings. The minimum Gasteiger partial charge on any atom is -0.559 e. The minimum absolute atomic E-state index is 0.0967. The van der Waals surface area contributed by atoms with Crippen molar-refractivity contribution in [3.8, 4) is 5.75 Å². The van der Waals surface area contributed by atoms with Crippen LogP contribution in [0, 0.1) is 5.21 Å². The molecule has 7 nitrogen and oxygen atoms in total. The molecule has 0 aliphatic carbocycles. The molecule has 0 spiro atoms. The summed E-state index contributed by atoms with van der Waals surface area (Å²) in [7, 11) is 0. The molecular weight excluding hydrogens is 262 g/mol. The van der Waals surface area contributed by atoms with Crippen LogP contribution in [0.2, 0.25) is 0 Å². The molecule has 0 unspecified atom stereocenters. The van der Waals surface area contributed by atoms with E-state index in [4.69, 9.17) is 4.74 Å². The molecule has 7 heteroatoms. The van der Waals surface area contributed by atoms with Gasteiger partial charge in [-0.2, -0.15) is 10.4 Å². The van der Waals surface area contributed by atoms with E-state index in [2.05, 4.69) is 9.98 Å². The molecule has 102 valence electrons. The second-order valence-corrected chi connectivity index (χ2v) is 4.23. The molecule has 0 saturated heterocycles. The second-order valence-electron chi connectivity index (χ2n) is 4.23. The molecule has 2 heterocycles. The maximum atomic E-state index is 11.3. The van der Waals surface area contributed by atoms with E-state index in [0.29, 0.717) is 17.2 Å². The Kier molecular flexibility index (Phi) is 2.96. The highest BCUT2D eigenvalue weighted by atomic mass is 17.1. The number of pyridine rings is 1. The van der Waals surface area contributed by atoms with Crippen molar-refractivity contribution < 1.29 is 15.2 Å². The lowest BCUT2D eigenvalue weighted by molar-refractivity contribution is -0.252. The van der Waals surface area contributed by atoms with Crippen molar-refractivity contribution in [1.82, 2.24) is 9.96 Å². The molecular formula is C13H11N3O4. The zero-order valence-electron chi connectivity index (χ0n) is 10.3. The largest absolute Gasteiger partial charge is 0.559 e. The van der Waals surface area contributed by atoms with Gasteiger partial charge in [0, 0.05) is 12.3 Å². The quantitative estimate of drug-likeness (QED) is 0.645.